The first-order valence-corrected chi connectivity index (χ1v) is 3.74. The minimum atomic E-state index is 0.252. The Morgan fingerprint density at radius 3 is 2.50 bits per heavy atom. The van der Waals surface area contributed by atoms with E-state index in [0.717, 1.165) is 11.1 Å². The molecule has 60 valence electrons. The van der Waals surface area contributed by atoms with E-state index in [-0.39, 0.29) is 5.28 Å². The molecule has 0 aliphatic carbocycles. The van der Waals surface area contributed by atoms with Crippen molar-refractivity contribution in [2.24, 2.45) is 0 Å². The van der Waals surface area contributed by atoms with Crippen molar-refractivity contribution in [1.29, 1.82) is 0 Å². The topological polar surface area (TPSA) is 38.9 Å². The summed E-state index contributed by atoms with van der Waals surface area (Å²) >= 11 is 5.53. The first-order chi connectivity index (χ1) is 5.86. The molecule has 0 fully saturated rings. The summed E-state index contributed by atoms with van der Waals surface area (Å²) in [6, 6.07) is 1.84. The summed E-state index contributed by atoms with van der Waals surface area (Å²) in [6.45, 7) is 0. The number of hydrogen-bond donors (Lipinski definition) is 0. The summed E-state index contributed by atoms with van der Waals surface area (Å²) in [5, 5.41) is 0.252. The molecule has 0 aliphatic rings. The Bertz CT molecular complexity index is 355. The normalized spacial score (nSPS) is 10.1. The second-order valence-electron chi connectivity index (χ2n) is 2.25. The van der Waals surface area contributed by atoms with Gasteiger partial charge in [-0.2, -0.15) is 0 Å². The van der Waals surface area contributed by atoms with Crippen molar-refractivity contribution < 1.29 is 4.42 Å². The maximum absolute atomic E-state index is 5.53. The van der Waals surface area contributed by atoms with Gasteiger partial charge in [0.2, 0.25) is 5.28 Å². The summed E-state index contributed by atoms with van der Waals surface area (Å²) in [4.78, 5) is 7.70. The Morgan fingerprint density at radius 1 is 1.17 bits per heavy atom. The fourth-order valence-corrected chi connectivity index (χ4v) is 0.988. The van der Waals surface area contributed by atoms with Crippen LogP contribution in [0.3, 0.4) is 0 Å². The predicted molar refractivity (Wildman–Crippen MR) is 44.7 cm³/mol. The number of nitrogens with zero attached hydrogens (tertiary/aromatic N) is 2. The third-order valence-electron chi connectivity index (χ3n) is 1.47. The van der Waals surface area contributed by atoms with Crippen LogP contribution in [0.25, 0.3) is 11.1 Å². The zero-order valence-electron chi connectivity index (χ0n) is 6.07. The lowest BCUT2D eigenvalue weighted by atomic mass is 10.2. The highest BCUT2D eigenvalue weighted by molar-refractivity contribution is 6.28. The number of rotatable bonds is 1. The van der Waals surface area contributed by atoms with Crippen molar-refractivity contribution >= 4 is 11.6 Å². The third kappa shape index (κ3) is 1.31. The van der Waals surface area contributed by atoms with Gasteiger partial charge in [0.1, 0.15) is 0 Å². The van der Waals surface area contributed by atoms with Crippen LogP contribution in [0.4, 0.5) is 0 Å². The maximum atomic E-state index is 5.53. The molecule has 0 radical (unpaired) electrons. The molecule has 0 unspecified atom stereocenters. The van der Waals surface area contributed by atoms with E-state index in [1.807, 2.05) is 6.07 Å². The molecule has 3 nitrogen and oxygen atoms in total. The van der Waals surface area contributed by atoms with Gasteiger partial charge in [0, 0.05) is 23.5 Å². The van der Waals surface area contributed by atoms with Gasteiger partial charge in [0.25, 0.3) is 0 Å². The average molecular weight is 181 g/mol. The van der Waals surface area contributed by atoms with Gasteiger partial charge in [-0.1, -0.05) is 0 Å². The predicted octanol–water partition coefficient (Wildman–Crippen LogP) is 2.39. The van der Waals surface area contributed by atoms with Crippen molar-refractivity contribution in [1.82, 2.24) is 9.97 Å². The van der Waals surface area contributed by atoms with Gasteiger partial charge >= 0.3 is 0 Å². The van der Waals surface area contributed by atoms with Crippen LogP contribution in [0.15, 0.2) is 35.4 Å². The van der Waals surface area contributed by atoms with E-state index >= 15 is 0 Å². The van der Waals surface area contributed by atoms with Gasteiger partial charge in [-0.15, -0.1) is 0 Å². The molecule has 2 heterocycles. The highest BCUT2D eigenvalue weighted by Gasteiger charge is 1.99. The van der Waals surface area contributed by atoms with Crippen molar-refractivity contribution in [3.8, 4) is 11.1 Å². The third-order valence-corrected chi connectivity index (χ3v) is 1.67. The van der Waals surface area contributed by atoms with Gasteiger partial charge in [-0.25, -0.2) is 9.97 Å². The lowest BCUT2D eigenvalue weighted by Crippen LogP contribution is -1.81. The minimum absolute atomic E-state index is 0.252. The molecule has 0 bridgehead atoms. The highest BCUT2D eigenvalue weighted by Crippen LogP contribution is 2.17. The molecule has 2 rings (SSSR count). The van der Waals surface area contributed by atoms with Gasteiger partial charge in [-0.3, -0.25) is 0 Å². The molecule has 12 heavy (non-hydrogen) atoms. The Kier molecular flexibility index (Phi) is 1.80. The van der Waals surface area contributed by atoms with Crippen LogP contribution >= 0.6 is 11.6 Å². The van der Waals surface area contributed by atoms with E-state index in [1.54, 1.807) is 24.9 Å². The maximum Gasteiger partial charge on any atom is 0.222 e. The fourth-order valence-electron chi connectivity index (χ4n) is 0.890. The molecule has 0 saturated carbocycles. The number of halogens is 1. The zero-order valence-corrected chi connectivity index (χ0v) is 6.82. The Labute approximate surface area is 74.0 Å². The number of aromatic nitrogens is 2. The van der Waals surface area contributed by atoms with Crippen LogP contribution in [-0.4, -0.2) is 9.97 Å². The Hall–Kier alpha value is -1.35. The van der Waals surface area contributed by atoms with Gasteiger partial charge in [0.05, 0.1) is 12.5 Å². The molecule has 0 amide bonds. The molecule has 0 aromatic carbocycles. The van der Waals surface area contributed by atoms with Crippen molar-refractivity contribution in [3.63, 3.8) is 0 Å². The van der Waals surface area contributed by atoms with Crippen LogP contribution in [0, 0.1) is 0 Å². The van der Waals surface area contributed by atoms with Crippen molar-refractivity contribution in [2.45, 2.75) is 0 Å². The quantitative estimate of drug-likeness (QED) is 0.633. The van der Waals surface area contributed by atoms with Crippen molar-refractivity contribution in [3.05, 3.63) is 36.3 Å². The van der Waals surface area contributed by atoms with Crippen LogP contribution in [0.2, 0.25) is 5.28 Å². The lowest BCUT2D eigenvalue weighted by Gasteiger charge is -1.93. The monoisotopic (exact) mass is 180 g/mol. The molecule has 2 aromatic rings. The zero-order chi connectivity index (χ0) is 8.39. The molecule has 2 aromatic heterocycles. The summed E-state index contributed by atoms with van der Waals surface area (Å²) < 4.78 is 4.91. The fraction of sp³-hybridized carbons (Fsp3) is 0. The first kappa shape index (κ1) is 7.31. The summed E-state index contributed by atoms with van der Waals surface area (Å²) in [5.74, 6) is 0. The van der Waals surface area contributed by atoms with E-state index in [4.69, 9.17) is 16.0 Å². The molecule has 0 atom stereocenters. The molecule has 4 heteroatoms. The molecule has 0 N–H and O–H groups in total. The summed E-state index contributed by atoms with van der Waals surface area (Å²) in [7, 11) is 0. The van der Waals surface area contributed by atoms with Gasteiger partial charge < -0.3 is 4.42 Å². The van der Waals surface area contributed by atoms with E-state index < -0.39 is 0 Å². The summed E-state index contributed by atoms with van der Waals surface area (Å²) in [5.41, 5.74) is 1.85. The SMILES string of the molecule is Clc1ncc(-c2ccoc2)cn1. The van der Waals surface area contributed by atoms with Gasteiger partial charge in [-0.05, 0) is 17.7 Å². The van der Waals surface area contributed by atoms with E-state index in [0.29, 0.717) is 0 Å². The first-order valence-electron chi connectivity index (χ1n) is 3.36. The van der Waals surface area contributed by atoms with Crippen LogP contribution < -0.4 is 0 Å². The second kappa shape index (κ2) is 2.95. The van der Waals surface area contributed by atoms with Crippen molar-refractivity contribution in [2.75, 3.05) is 0 Å². The lowest BCUT2D eigenvalue weighted by molar-refractivity contribution is 0.568. The smallest absolute Gasteiger partial charge is 0.222 e. The van der Waals surface area contributed by atoms with Crippen LogP contribution in [0.5, 0.6) is 0 Å². The summed E-state index contributed by atoms with van der Waals surface area (Å²) in [6.07, 6.45) is 6.54. The van der Waals surface area contributed by atoms with Gasteiger partial charge in [0.15, 0.2) is 0 Å². The molecular formula is C8H5ClN2O. The van der Waals surface area contributed by atoms with Crippen LogP contribution in [0.1, 0.15) is 0 Å². The molecule has 0 aliphatic heterocycles. The van der Waals surface area contributed by atoms with E-state index in [2.05, 4.69) is 9.97 Å². The molecular weight excluding hydrogens is 176 g/mol. The largest absolute Gasteiger partial charge is 0.472 e. The van der Waals surface area contributed by atoms with E-state index in [9.17, 15) is 0 Å². The standard InChI is InChI=1S/C8H5ClN2O/c9-8-10-3-7(4-11-8)6-1-2-12-5-6/h1-5H. The second-order valence-corrected chi connectivity index (χ2v) is 2.59. The molecule has 0 saturated heterocycles. The van der Waals surface area contributed by atoms with Crippen LogP contribution in [-0.2, 0) is 0 Å². The average Bonchev–Trinajstić information content (AvgIpc) is 2.58. The molecule has 0 spiro atoms. The minimum Gasteiger partial charge on any atom is -0.472 e. The Balaban J connectivity index is 2.43. The highest BCUT2D eigenvalue weighted by atomic mass is 35.5. The Morgan fingerprint density at radius 2 is 1.92 bits per heavy atom. The number of furan rings is 1. The van der Waals surface area contributed by atoms with E-state index in [1.165, 1.54) is 0 Å². The number of hydrogen-bond acceptors (Lipinski definition) is 3.